The second-order valence-corrected chi connectivity index (χ2v) is 9.02. The summed E-state index contributed by atoms with van der Waals surface area (Å²) in [5, 5.41) is 0. The fourth-order valence-electron chi connectivity index (χ4n) is 5.19. The minimum atomic E-state index is -0.151. The number of rotatable bonds is 8. The molecule has 2 fully saturated rings. The van der Waals surface area contributed by atoms with E-state index in [-0.39, 0.29) is 26.8 Å². The third kappa shape index (κ3) is 7.59. The molecule has 4 nitrogen and oxygen atoms in total. The van der Waals surface area contributed by atoms with Crippen LogP contribution in [0.4, 0.5) is 0 Å². The molecule has 0 N–H and O–H groups in total. The van der Waals surface area contributed by atoms with Crippen LogP contribution in [0.3, 0.4) is 0 Å². The maximum absolute atomic E-state index is 11.4. The largest absolute Gasteiger partial charge is 0.466 e. The molecule has 172 valence electrons. The first-order valence-electron chi connectivity index (χ1n) is 11.2. The zero-order chi connectivity index (χ0) is 19.9. The van der Waals surface area contributed by atoms with Crippen molar-refractivity contribution in [2.45, 2.75) is 80.1 Å². The molecule has 0 aliphatic heterocycles. The number of hydrogen-bond acceptors (Lipinski definition) is 4. The monoisotopic (exact) mass is 420 g/mol. The molecule has 0 radical (unpaired) electrons. The summed E-state index contributed by atoms with van der Waals surface area (Å²) in [5.74, 6) is 3.98. The normalized spacial score (nSPS) is 31.4. The summed E-state index contributed by atoms with van der Waals surface area (Å²) in [6, 6.07) is 0. The Morgan fingerprint density at radius 2 is 1.33 bits per heavy atom. The summed E-state index contributed by atoms with van der Waals surface area (Å²) in [5.41, 5.74) is 0. The van der Waals surface area contributed by atoms with Crippen LogP contribution in [0.25, 0.3) is 0 Å². The van der Waals surface area contributed by atoms with Gasteiger partial charge in [-0.1, -0.05) is 58.9 Å². The van der Waals surface area contributed by atoms with E-state index in [1.807, 2.05) is 0 Å². The van der Waals surface area contributed by atoms with Crippen molar-refractivity contribution in [2.75, 3.05) is 13.2 Å². The topological polar surface area (TPSA) is 52.6 Å². The first-order valence-corrected chi connectivity index (χ1v) is 11.2. The maximum Gasteiger partial charge on any atom is 0.305 e. The standard InChI is InChI=1S/C14H22O2.C10H14O2.2CH4/c1-2-3-4-5-14(15)16-10-13-9-11-6-7-12(13)8-11;1-7(11)12-6-10-5-8-2-3-9(10)4-8;;/h6-7,11-13H,2-5,8-10H2,1H3;2-3,8-10H,4-6H2,1H3;2*1H4. The Morgan fingerprint density at radius 1 is 0.800 bits per heavy atom. The maximum atomic E-state index is 11.4. The molecule has 0 aromatic carbocycles. The van der Waals surface area contributed by atoms with Gasteiger partial charge in [-0.25, -0.2) is 0 Å². The van der Waals surface area contributed by atoms with Crippen molar-refractivity contribution in [3.63, 3.8) is 0 Å². The lowest BCUT2D eigenvalue weighted by atomic mass is 9.95. The van der Waals surface area contributed by atoms with Crippen LogP contribution >= 0.6 is 0 Å². The fraction of sp³-hybridized carbons (Fsp3) is 0.769. The smallest absolute Gasteiger partial charge is 0.305 e. The molecule has 6 atom stereocenters. The Morgan fingerprint density at radius 3 is 1.73 bits per heavy atom. The highest BCUT2D eigenvalue weighted by atomic mass is 16.5. The van der Waals surface area contributed by atoms with Gasteiger partial charge in [0.25, 0.3) is 0 Å². The van der Waals surface area contributed by atoms with Crippen LogP contribution in [0, 0.1) is 35.5 Å². The summed E-state index contributed by atoms with van der Waals surface area (Å²) >= 11 is 0. The van der Waals surface area contributed by atoms with Crippen molar-refractivity contribution in [1.82, 2.24) is 0 Å². The third-order valence-corrected chi connectivity index (χ3v) is 6.78. The van der Waals surface area contributed by atoms with Gasteiger partial charge in [0.2, 0.25) is 0 Å². The Labute approximate surface area is 184 Å². The molecule has 0 heterocycles. The van der Waals surface area contributed by atoms with E-state index in [1.54, 1.807) is 0 Å². The van der Waals surface area contributed by atoms with E-state index < -0.39 is 0 Å². The van der Waals surface area contributed by atoms with Crippen LogP contribution in [-0.2, 0) is 19.1 Å². The molecule has 4 heteroatoms. The molecular weight excluding hydrogens is 376 g/mol. The molecule has 0 amide bonds. The Balaban J connectivity index is 0.000000290. The van der Waals surface area contributed by atoms with Crippen LogP contribution in [-0.4, -0.2) is 25.2 Å². The second kappa shape index (κ2) is 13.0. The number of ether oxygens (including phenoxy) is 2. The predicted octanol–water partition coefficient (Wildman–Crippen LogP) is 6.36. The minimum Gasteiger partial charge on any atom is -0.466 e. The summed E-state index contributed by atoms with van der Waals surface area (Å²) < 4.78 is 10.4. The highest BCUT2D eigenvalue weighted by Crippen LogP contribution is 2.44. The lowest BCUT2D eigenvalue weighted by molar-refractivity contribution is -0.145. The Bertz CT molecular complexity index is 594. The quantitative estimate of drug-likeness (QED) is 0.261. The number of unbranched alkanes of at least 4 members (excludes halogenated alkanes) is 2. The van der Waals surface area contributed by atoms with Crippen LogP contribution < -0.4 is 0 Å². The molecule has 2 saturated carbocycles. The average Bonchev–Trinajstić information content (AvgIpc) is 3.46. The molecule has 30 heavy (non-hydrogen) atoms. The van der Waals surface area contributed by atoms with Gasteiger partial charge in [-0.05, 0) is 67.6 Å². The first-order chi connectivity index (χ1) is 13.5. The van der Waals surface area contributed by atoms with Gasteiger partial charge in [0, 0.05) is 13.3 Å². The van der Waals surface area contributed by atoms with Gasteiger partial charge in [0.15, 0.2) is 0 Å². The Kier molecular flexibility index (Phi) is 11.4. The number of hydrogen-bond donors (Lipinski definition) is 0. The van der Waals surface area contributed by atoms with Crippen molar-refractivity contribution >= 4 is 11.9 Å². The summed E-state index contributed by atoms with van der Waals surface area (Å²) in [4.78, 5) is 22.0. The predicted molar refractivity (Wildman–Crippen MR) is 123 cm³/mol. The van der Waals surface area contributed by atoms with E-state index in [0.29, 0.717) is 43.3 Å². The zero-order valence-corrected chi connectivity index (χ0v) is 17.5. The van der Waals surface area contributed by atoms with Crippen LogP contribution in [0.1, 0.15) is 80.1 Å². The molecule has 6 unspecified atom stereocenters. The highest BCUT2D eigenvalue weighted by Gasteiger charge is 2.36. The van der Waals surface area contributed by atoms with Gasteiger partial charge in [-0.15, -0.1) is 0 Å². The lowest BCUT2D eigenvalue weighted by Crippen LogP contribution is -2.17. The van der Waals surface area contributed by atoms with E-state index in [0.717, 1.165) is 31.1 Å². The molecular formula is C26H44O4. The van der Waals surface area contributed by atoms with E-state index in [4.69, 9.17) is 9.47 Å². The fourth-order valence-corrected chi connectivity index (χ4v) is 5.19. The van der Waals surface area contributed by atoms with Crippen molar-refractivity contribution in [3.05, 3.63) is 24.3 Å². The zero-order valence-electron chi connectivity index (χ0n) is 17.5. The van der Waals surface area contributed by atoms with Crippen molar-refractivity contribution in [1.29, 1.82) is 0 Å². The molecule has 4 rings (SSSR count). The SMILES string of the molecule is C.C.CC(=O)OCC1CC2C=CC1C2.CCCCCC(=O)OCC1CC2C=CC1C2. The van der Waals surface area contributed by atoms with Crippen molar-refractivity contribution in [2.24, 2.45) is 35.5 Å². The van der Waals surface area contributed by atoms with Gasteiger partial charge in [0.05, 0.1) is 13.2 Å². The minimum absolute atomic E-state index is 0. The molecule has 0 aromatic rings. The molecule has 4 aliphatic carbocycles. The number of allylic oxidation sites excluding steroid dienone is 4. The summed E-state index contributed by atoms with van der Waals surface area (Å²) in [7, 11) is 0. The molecule has 0 spiro atoms. The van der Waals surface area contributed by atoms with Gasteiger partial charge < -0.3 is 9.47 Å². The van der Waals surface area contributed by atoms with Gasteiger partial charge in [-0.3, -0.25) is 9.59 Å². The van der Waals surface area contributed by atoms with E-state index in [9.17, 15) is 9.59 Å². The average molecular weight is 421 g/mol. The first kappa shape index (κ1) is 26.5. The van der Waals surface area contributed by atoms with Crippen LogP contribution in [0.15, 0.2) is 24.3 Å². The highest BCUT2D eigenvalue weighted by molar-refractivity contribution is 5.69. The number of esters is 2. The summed E-state index contributed by atoms with van der Waals surface area (Å²) in [6.45, 7) is 4.90. The van der Waals surface area contributed by atoms with Crippen LogP contribution in [0.5, 0.6) is 0 Å². The number of fused-ring (bicyclic) bond motifs is 4. The second-order valence-electron chi connectivity index (χ2n) is 9.02. The van der Waals surface area contributed by atoms with Gasteiger partial charge in [-0.2, -0.15) is 0 Å². The molecule has 0 aromatic heterocycles. The third-order valence-electron chi connectivity index (χ3n) is 6.78. The van der Waals surface area contributed by atoms with E-state index in [2.05, 4.69) is 31.2 Å². The van der Waals surface area contributed by atoms with Crippen molar-refractivity contribution in [3.8, 4) is 0 Å². The molecule has 0 saturated heterocycles. The van der Waals surface area contributed by atoms with Crippen molar-refractivity contribution < 1.29 is 19.1 Å². The molecule has 4 bridgehead atoms. The Hall–Kier alpha value is -1.58. The van der Waals surface area contributed by atoms with Gasteiger partial charge >= 0.3 is 11.9 Å². The lowest BCUT2D eigenvalue weighted by Gasteiger charge is -2.17. The van der Waals surface area contributed by atoms with Crippen LogP contribution in [0.2, 0.25) is 0 Å². The van der Waals surface area contributed by atoms with E-state index in [1.165, 1.54) is 32.6 Å². The molecule has 4 aliphatic rings. The van der Waals surface area contributed by atoms with Gasteiger partial charge in [0.1, 0.15) is 0 Å². The summed E-state index contributed by atoms with van der Waals surface area (Å²) in [6.07, 6.45) is 18.1. The number of carbonyl (C=O) groups is 2. The number of carbonyl (C=O) groups excluding carboxylic acids is 2. The van der Waals surface area contributed by atoms with E-state index >= 15 is 0 Å².